The van der Waals surface area contributed by atoms with Crippen LogP contribution in [-0.2, 0) is 4.79 Å². The number of allylic oxidation sites excluding steroid dienone is 2. The lowest BCUT2D eigenvalue weighted by Crippen LogP contribution is -2.22. The number of hydrogen-bond acceptors (Lipinski definition) is 4. The maximum Gasteiger partial charge on any atom is 0.314 e. The highest BCUT2D eigenvalue weighted by molar-refractivity contribution is 5.78. The number of carbonyl (C=O) groups is 1. The van der Waals surface area contributed by atoms with Crippen molar-refractivity contribution in [3.8, 4) is 28.4 Å². The molecule has 0 aliphatic heterocycles. The van der Waals surface area contributed by atoms with Crippen LogP contribution in [0.4, 0.5) is 22.0 Å². The molecule has 9 heteroatoms. The van der Waals surface area contributed by atoms with Crippen LogP contribution in [0.25, 0.3) is 16.7 Å². The molecule has 200 valence electrons. The van der Waals surface area contributed by atoms with Crippen LogP contribution in [0.5, 0.6) is 17.2 Å². The SMILES string of the molecule is CCOc1ccc(C2=CCC(C(=O)Oc3ccc(-c4ccc(OCC)c(F)c4F)cc3F)CC2)c(F)c1F. The summed E-state index contributed by atoms with van der Waals surface area (Å²) in [6.07, 6.45) is 2.40. The van der Waals surface area contributed by atoms with E-state index in [0.29, 0.717) is 5.57 Å². The van der Waals surface area contributed by atoms with Gasteiger partial charge in [0.25, 0.3) is 0 Å². The van der Waals surface area contributed by atoms with Gasteiger partial charge in [0.2, 0.25) is 11.6 Å². The molecule has 0 N–H and O–H groups in total. The van der Waals surface area contributed by atoms with Crippen LogP contribution < -0.4 is 14.2 Å². The van der Waals surface area contributed by atoms with E-state index in [2.05, 4.69) is 0 Å². The number of rotatable bonds is 8. The van der Waals surface area contributed by atoms with E-state index in [-0.39, 0.29) is 66.4 Å². The normalized spacial score (nSPS) is 15.1. The topological polar surface area (TPSA) is 44.8 Å². The van der Waals surface area contributed by atoms with Crippen LogP contribution in [0, 0.1) is 35.0 Å². The molecule has 0 aromatic heterocycles. The second-order valence-electron chi connectivity index (χ2n) is 8.61. The van der Waals surface area contributed by atoms with Gasteiger partial charge in [-0.15, -0.1) is 0 Å². The second kappa shape index (κ2) is 11.7. The molecule has 1 aliphatic carbocycles. The van der Waals surface area contributed by atoms with Gasteiger partial charge in [0, 0.05) is 11.1 Å². The first-order valence-electron chi connectivity index (χ1n) is 12.2. The molecule has 0 saturated heterocycles. The van der Waals surface area contributed by atoms with Gasteiger partial charge in [-0.25, -0.2) is 13.2 Å². The van der Waals surface area contributed by atoms with E-state index < -0.39 is 41.0 Å². The fourth-order valence-corrected chi connectivity index (χ4v) is 4.30. The molecule has 38 heavy (non-hydrogen) atoms. The number of carbonyl (C=O) groups excluding carboxylic acids is 1. The summed E-state index contributed by atoms with van der Waals surface area (Å²) in [4.78, 5) is 12.7. The van der Waals surface area contributed by atoms with Crippen molar-refractivity contribution in [2.24, 2.45) is 5.92 Å². The molecule has 4 rings (SSSR count). The van der Waals surface area contributed by atoms with Gasteiger partial charge in [-0.3, -0.25) is 4.79 Å². The number of halogens is 5. The first-order chi connectivity index (χ1) is 18.2. The fraction of sp³-hybridized carbons (Fsp3) is 0.276. The first-order valence-corrected chi connectivity index (χ1v) is 12.2. The Bertz CT molecular complexity index is 1390. The first kappa shape index (κ1) is 27.2. The molecule has 1 atom stereocenters. The monoisotopic (exact) mass is 532 g/mol. The quantitative estimate of drug-likeness (QED) is 0.170. The Morgan fingerprint density at radius 3 is 1.92 bits per heavy atom. The molecule has 3 aromatic rings. The highest BCUT2D eigenvalue weighted by atomic mass is 19.2. The van der Waals surface area contributed by atoms with Crippen LogP contribution in [0.3, 0.4) is 0 Å². The summed E-state index contributed by atoms with van der Waals surface area (Å²) in [7, 11) is 0. The van der Waals surface area contributed by atoms with Crippen molar-refractivity contribution in [2.45, 2.75) is 33.1 Å². The summed E-state index contributed by atoms with van der Waals surface area (Å²) >= 11 is 0. The van der Waals surface area contributed by atoms with E-state index in [9.17, 15) is 26.7 Å². The van der Waals surface area contributed by atoms with Gasteiger partial charge in [0.15, 0.2) is 34.7 Å². The fourth-order valence-electron chi connectivity index (χ4n) is 4.30. The Morgan fingerprint density at radius 2 is 1.37 bits per heavy atom. The van der Waals surface area contributed by atoms with E-state index in [1.54, 1.807) is 19.9 Å². The van der Waals surface area contributed by atoms with E-state index in [1.165, 1.54) is 36.4 Å². The predicted octanol–water partition coefficient (Wildman–Crippen LogP) is 7.64. The van der Waals surface area contributed by atoms with E-state index in [0.717, 1.165) is 6.07 Å². The van der Waals surface area contributed by atoms with Crippen LogP contribution in [0.2, 0.25) is 0 Å². The van der Waals surface area contributed by atoms with E-state index in [4.69, 9.17) is 14.2 Å². The van der Waals surface area contributed by atoms with Gasteiger partial charge in [-0.05, 0) is 80.6 Å². The minimum absolute atomic E-state index is 0.0524. The molecule has 0 spiro atoms. The third kappa shape index (κ3) is 5.51. The third-order valence-electron chi connectivity index (χ3n) is 6.24. The van der Waals surface area contributed by atoms with Crippen LogP contribution in [-0.4, -0.2) is 19.2 Å². The molecule has 0 saturated carbocycles. The molecule has 0 fully saturated rings. The molecule has 1 unspecified atom stereocenters. The van der Waals surface area contributed by atoms with Crippen LogP contribution in [0.1, 0.15) is 38.7 Å². The minimum atomic E-state index is -1.19. The van der Waals surface area contributed by atoms with Crippen molar-refractivity contribution >= 4 is 11.5 Å². The van der Waals surface area contributed by atoms with Crippen molar-refractivity contribution in [2.75, 3.05) is 13.2 Å². The van der Waals surface area contributed by atoms with Gasteiger partial charge >= 0.3 is 5.97 Å². The number of ether oxygens (including phenoxy) is 3. The minimum Gasteiger partial charge on any atom is -0.491 e. The molecule has 4 nitrogen and oxygen atoms in total. The number of hydrogen-bond donors (Lipinski definition) is 0. The zero-order valence-corrected chi connectivity index (χ0v) is 20.8. The molecule has 1 aliphatic rings. The average molecular weight is 533 g/mol. The maximum atomic E-state index is 14.7. The molecule has 0 bridgehead atoms. The van der Waals surface area contributed by atoms with Gasteiger partial charge in [0.05, 0.1) is 19.1 Å². The summed E-state index contributed by atoms with van der Waals surface area (Å²) < 4.78 is 87.5. The summed E-state index contributed by atoms with van der Waals surface area (Å²) in [5, 5.41) is 0. The van der Waals surface area contributed by atoms with Gasteiger partial charge in [0.1, 0.15) is 0 Å². The molecule has 0 radical (unpaired) electrons. The predicted molar refractivity (Wildman–Crippen MR) is 131 cm³/mol. The smallest absolute Gasteiger partial charge is 0.314 e. The maximum absolute atomic E-state index is 14.7. The summed E-state index contributed by atoms with van der Waals surface area (Å²) in [5.74, 6) is -7.48. The van der Waals surface area contributed by atoms with Crippen molar-refractivity contribution in [3.63, 3.8) is 0 Å². The number of esters is 1. The highest BCUT2D eigenvalue weighted by Crippen LogP contribution is 2.36. The van der Waals surface area contributed by atoms with Crippen LogP contribution in [0.15, 0.2) is 48.5 Å². The standard InChI is InChI=1S/C29H25F5O4/c1-3-36-23-13-10-19(25(31)27(23)33)16-5-7-17(8-6-16)29(35)38-22-12-9-18(15-21(22)30)20-11-14-24(37-4-2)28(34)26(20)32/h5,9-15,17H,3-4,6-8H2,1-2H3. The second-order valence-corrected chi connectivity index (χ2v) is 8.61. The van der Waals surface area contributed by atoms with E-state index in [1.807, 2.05) is 0 Å². The lowest BCUT2D eigenvalue weighted by molar-refractivity contribution is -0.139. The Balaban J connectivity index is 1.45. The Morgan fingerprint density at radius 1 is 0.789 bits per heavy atom. The summed E-state index contributed by atoms with van der Waals surface area (Å²) in [5.41, 5.74) is 0.522. The molecule has 0 amide bonds. The van der Waals surface area contributed by atoms with Crippen LogP contribution >= 0.6 is 0 Å². The lowest BCUT2D eigenvalue weighted by Gasteiger charge is -2.21. The van der Waals surface area contributed by atoms with Gasteiger partial charge < -0.3 is 14.2 Å². The molecular weight excluding hydrogens is 507 g/mol. The van der Waals surface area contributed by atoms with Crippen molar-refractivity contribution in [1.82, 2.24) is 0 Å². The lowest BCUT2D eigenvalue weighted by atomic mass is 9.86. The summed E-state index contributed by atoms with van der Waals surface area (Å²) in [6, 6.07) is 8.74. The third-order valence-corrected chi connectivity index (χ3v) is 6.24. The highest BCUT2D eigenvalue weighted by Gasteiger charge is 2.27. The largest absolute Gasteiger partial charge is 0.491 e. The van der Waals surface area contributed by atoms with E-state index >= 15 is 0 Å². The Hall–Kier alpha value is -3.88. The van der Waals surface area contributed by atoms with Crippen molar-refractivity contribution in [3.05, 3.63) is 83.2 Å². The van der Waals surface area contributed by atoms with Gasteiger partial charge in [-0.1, -0.05) is 12.1 Å². The summed E-state index contributed by atoms with van der Waals surface area (Å²) in [6.45, 7) is 3.64. The number of benzene rings is 3. The molecular formula is C29H25F5O4. The zero-order valence-electron chi connectivity index (χ0n) is 20.8. The van der Waals surface area contributed by atoms with Crippen molar-refractivity contribution in [1.29, 1.82) is 0 Å². The molecule has 3 aromatic carbocycles. The zero-order chi connectivity index (χ0) is 27.4. The Labute approximate surface area is 216 Å². The van der Waals surface area contributed by atoms with Crippen molar-refractivity contribution < 1.29 is 41.0 Å². The average Bonchev–Trinajstić information content (AvgIpc) is 2.91. The Kier molecular flexibility index (Phi) is 8.34. The van der Waals surface area contributed by atoms with Gasteiger partial charge in [-0.2, -0.15) is 8.78 Å². The molecule has 0 heterocycles.